The number of hydrogen-bond donors (Lipinski definition) is 1. The van der Waals surface area contributed by atoms with Gasteiger partial charge in [0.15, 0.2) is 5.82 Å². The van der Waals surface area contributed by atoms with Gasteiger partial charge in [-0.3, -0.25) is 15.1 Å². The molecular weight excluding hydrogens is 442 g/mol. The number of nitrogens with zero attached hydrogens (tertiary/aromatic N) is 4. The third-order valence-electron chi connectivity index (χ3n) is 6.29. The van der Waals surface area contributed by atoms with Gasteiger partial charge < -0.3 is 14.5 Å². The van der Waals surface area contributed by atoms with Crippen molar-refractivity contribution in [3.63, 3.8) is 0 Å². The van der Waals surface area contributed by atoms with Gasteiger partial charge in [-0.25, -0.2) is 9.78 Å². The lowest BCUT2D eigenvalue weighted by atomic mass is 9.87. The largest absolute Gasteiger partial charge is 0.494 e. The standard InChI is InChI=1S/C24H30ClN5O3/c25-21-16-26-17-22(27-21)28-24(32)30-12-10-29(11-13-30)23(31)19-7-4-8-20(15-19)33-14-9-18-5-2-1-3-6-18/h4,7-8,15-18H,1-3,5-6,9-14H2,(H,27,28,32). The summed E-state index contributed by atoms with van der Waals surface area (Å²) >= 11 is 5.81. The van der Waals surface area contributed by atoms with Crippen LogP contribution in [0.15, 0.2) is 36.7 Å². The second-order valence-electron chi connectivity index (χ2n) is 8.61. The summed E-state index contributed by atoms with van der Waals surface area (Å²) in [5, 5.41) is 2.90. The molecule has 2 aromatic rings. The molecule has 0 radical (unpaired) electrons. The number of piperazine rings is 1. The van der Waals surface area contributed by atoms with E-state index in [1.807, 2.05) is 24.3 Å². The third kappa shape index (κ3) is 6.57. The lowest BCUT2D eigenvalue weighted by Crippen LogP contribution is -2.51. The molecule has 176 valence electrons. The van der Waals surface area contributed by atoms with Gasteiger partial charge in [0.2, 0.25) is 0 Å². The molecule has 3 amide bonds. The Labute approximate surface area is 199 Å². The summed E-state index contributed by atoms with van der Waals surface area (Å²) in [6.45, 7) is 2.47. The summed E-state index contributed by atoms with van der Waals surface area (Å²) in [5.74, 6) is 1.75. The SMILES string of the molecule is O=C(Nc1cncc(Cl)n1)N1CCN(C(=O)c2cccc(OCCC3CCCCC3)c2)CC1. The molecule has 8 nitrogen and oxygen atoms in total. The number of rotatable bonds is 6. The van der Waals surface area contributed by atoms with E-state index in [1.54, 1.807) is 9.80 Å². The Hall–Kier alpha value is -2.87. The van der Waals surface area contributed by atoms with Crippen LogP contribution in [0.5, 0.6) is 5.75 Å². The molecule has 1 aromatic heterocycles. The van der Waals surface area contributed by atoms with Crippen molar-refractivity contribution >= 4 is 29.4 Å². The van der Waals surface area contributed by atoms with Crippen molar-refractivity contribution in [3.8, 4) is 5.75 Å². The van der Waals surface area contributed by atoms with Crippen LogP contribution >= 0.6 is 11.6 Å². The van der Waals surface area contributed by atoms with E-state index in [0.29, 0.717) is 44.2 Å². The first kappa shape index (κ1) is 23.3. The molecule has 2 aliphatic rings. The summed E-state index contributed by atoms with van der Waals surface area (Å²) in [7, 11) is 0. The van der Waals surface area contributed by atoms with E-state index >= 15 is 0 Å². The van der Waals surface area contributed by atoms with E-state index in [4.69, 9.17) is 16.3 Å². The third-order valence-corrected chi connectivity index (χ3v) is 6.48. The molecule has 4 rings (SSSR count). The van der Waals surface area contributed by atoms with Crippen LogP contribution in [0.3, 0.4) is 0 Å². The average Bonchev–Trinajstić information content (AvgIpc) is 2.84. The number of carbonyl (C=O) groups is 2. The Balaban J connectivity index is 1.25. The highest BCUT2D eigenvalue weighted by molar-refractivity contribution is 6.29. The maximum Gasteiger partial charge on any atom is 0.323 e. The molecule has 33 heavy (non-hydrogen) atoms. The fourth-order valence-electron chi connectivity index (χ4n) is 4.42. The Kier molecular flexibility index (Phi) is 7.99. The number of hydrogen-bond acceptors (Lipinski definition) is 5. The molecular formula is C24H30ClN5O3. The molecule has 0 spiro atoms. The quantitative estimate of drug-likeness (QED) is 0.671. The molecule has 1 aliphatic heterocycles. The fourth-order valence-corrected chi connectivity index (χ4v) is 4.57. The van der Waals surface area contributed by atoms with Crippen LogP contribution in [0, 0.1) is 5.92 Å². The number of aromatic nitrogens is 2. The predicted octanol–water partition coefficient (Wildman–Crippen LogP) is 4.47. The van der Waals surface area contributed by atoms with Crippen molar-refractivity contribution in [1.29, 1.82) is 0 Å². The van der Waals surface area contributed by atoms with Gasteiger partial charge in [-0.05, 0) is 30.5 Å². The topological polar surface area (TPSA) is 87.7 Å². The minimum absolute atomic E-state index is 0.0477. The minimum Gasteiger partial charge on any atom is -0.494 e. The Morgan fingerprint density at radius 3 is 2.58 bits per heavy atom. The highest BCUT2D eigenvalue weighted by Gasteiger charge is 2.25. The molecule has 1 saturated carbocycles. The Morgan fingerprint density at radius 1 is 1.06 bits per heavy atom. The van der Waals surface area contributed by atoms with Crippen LogP contribution in [0.1, 0.15) is 48.9 Å². The van der Waals surface area contributed by atoms with Crippen molar-refractivity contribution in [2.45, 2.75) is 38.5 Å². The van der Waals surface area contributed by atoms with Crippen LogP contribution in [-0.4, -0.2) is 64.5 Å². The average molecular weight is 472 g/mol. The van der Waals surface area contributed by atoms with E-state index < -0.39 is 0 Å². The van der Waals surface area contributed by atoms with Crippen molar-refractivity contribution in [2.24, 2.45) is 5.92 Å². The fraction of sp³-hybridized carbons (Fsp3) is 0.500. The number of nitrogens with one attached hydrogen (secondary N) is 1. The minimum atomic E-state index is -0.285. The summed E-state index contributed by atoms with van der Waals surface area (Å²) in [6.07, 6.45) is 10.5. The van der Waals surface area contributed by atoms with Crippen LogP contribution in [0.4, 0.5) is 10.6 Å². The van der Waals surface area contributed by atoms with Crippen LogP contribution < -0.4 is 10.1 Å². The van der Waals surface area contributed by atoms with E-state index in [0.717, 1.165) is 18.1 Å². The van der Waals surface area contributed by atoms with Crippen molar-refractivity contribution in [1.82, 2.24) is 19.8 Å². The summed E-state index contributed by atoms with van der Waals surface area (Å²) in [6, 6.07) is 7.11. The highest BCUT2D eigenvalue weighted by Crippen LogP contribution is 2.26. The number of halogens is 1. The van der Waals surface area contributed by atoms with Gasteiger partial charge in [-0.15, -0.1) is 0 Å². The molecule has 1 N–H and O–H groups in total. The number of anilines is 1. The van der Waals surface area contributed by atoms with Gasteiger partial charge in [0, 0.05) is 31.7 Å². The van der Waals surface area contributed by atoms with Crippen LogP contribution in [0.2, 0.25) is 5.15 Å². The van der Waals surface area contributed by atoms with Gasteiger partial charge in [0.1, 0.15) is 10.9 Å². The molecule has 0 atom stereocenters. The second-order valence-corrected chi connectivity index (χ2v) is 8.99. The molecule has 1 saturated heterocycles. The van der Waals surface area contributed by atoms with E-state index in [9.17, 15) is 9.59 Å². The first-order chi connectivity index (χ1) is 16.1. The zero-order valence-electron chi connectivity index (χ0n) is 18.7. The lowest BCUT2D eigenvalue weighted by Gasteiger charge is -2.34. The monoisotopic (exact) mass is 471 g/mol. The normalized spacial score (nSPS) is 17.0. The number of ether oxygens (including phenoxy) is 1. The molecule has 0 bridgehead atoms. The summed E-state index contributed by atoms with van der Waals surface area (Å²) < 4.78 is 5.95. The smallest absolute Gasteiger partial charge is 0.323 e. The number of urea groups is 1. The zero-order chi connectivity index (χ0) is 23.0. The Bertz CT molecular complexity index is 959. The zero-order valence-corrected chi connectivity index (χ0v) is 19.5. The molecule has 9 heteroatoms. The van der Waals surface area contributed by atoms with Gasteiger partial charge in [-0.1, -0.05) is 49.8 Å². The maximum atomic E-state index is 13.0. The van der Waals surface area contributed by atoms with Crippen molar-refractivity contribution < 1.29 is 14.3 Å². The van der Waals surface area contributed by atoms with E-state index in [1.165, 1.54) is 44.5 Å². The maximum absolute atomic E-state index is 13.0. The van der Waals surface area contributed by atoms with E-state index in [2.05, 4.69) is 15.3 Å². The van der Waals surface area contributed by atoms with E-state index in [-0.39, 0.29) is 17.1 Å². The number of benzene rings is 1. The van der Waals surface area contributed by atoms with Crippen molar-refractivity contribution in [2.75, 3.05) is 38.1 Å². The van der Waals surface area contributed by atoms with Crippen LogP contribution in [0.25, 0.3) is 0 Å². The second kappa shape index (κ2) is 11.3. The predicted molar refractivity (Wildman–Crippen MR) is 127 cm³/mol. The molecule has 2 heterocycles. The molecule has 0 unspecified atom stereocenters. The first-order valence-electron chi connectivity index (χ1n) is 11.6. The van der Waals surface area contributed by atoms with Gasteiger partial charge in [0.05, 0.1) is 19.0 Å². The van der Waals surface area contributed by atoms with Gasteiger partial charge in [-0.2, -0.15) is 0 Å². The number of carbonyl (C=O) groups excluding carboxylic acids is 2. The molecule has 1 aromatic carbocycles. The first-order valence-corrected chi connectivity index (χ1v) is 12.0. The van der Waals surface area contributed by atoms with Gasteiger partial charge >= 0.3 is 6.03 Å². The summed E-state index contributed by atoms with van der Waals surface area (Å²) in [5.41, 5.74) is 0.609. The summed E-state index contributed by atoms with van der Waals surface area (Å²) in [4.78, 5) is 36.8. The van der Waals surface area contributed by atoms with Crippen LogP contribution in [-0.2, 0) is 0 Å². The highest BCUT2D eigenvalue weighted by atomic mass is 35.5. The van der Waals surface area contributed by atoms with Crippen molar-refractivity contribution in [3.05, 3.63) is 47.4 Å². The van der Waals surface area contributed by atoms with Gasteiger partial charge in [0.25, 0.3) is 5.91 Å². The number of amides is 3. The molecule has 2 fully saturated rings. The Morgan fingerprint density at radius 2 is 1.82 bits per heavy atom. The molecule has 1 aliphatic carbocycles. The lowest BCUT2D eigenvalue weighted by molar-refractivity contribution is 0.0671.